The smallest absolute Gasteiger partial charge is 0.234 e. The first-order valence-electron chi connectivity index (χ1n) is 9.99. The van der Waals surface area contributed by atoms with Gasteiger partial charge in [-0.25, -0.2) is 4.98 Å². The number of halogens is 2. The Morgan fingerprint density at radius 3 is 2.39 bits per heavy atom. The molecule has 0 unspecified atom stereocenters. The number of carbonyl (C=O) groups excluding carboxylic acids is 1. The maximum Gasteiger partial charge on any atom is 0.234 e. The molecule has 0 spiro atoms. The van der Waals surface area contributed by atoms with Crippen molar-refractivity contribution in [3.8, 4) is 28.5 Å². The summed E-state index contributed by atoms with van der Waals surface area (Å²) in [6, 6.07) is 28.7. The molecule has 7 heteroatoms. The molecule has 0 saturated heterocycles. The molecule has 0 saturated carbocycles. The molecule has 0 atom stereocenters. The van der Waals surface area contributed by atoms with E-state index in [1.807, 2.05) is 72.8 Å². The Labute approximate surface area is 209 Å². The lowest BCUT2D eigenvalue weighted by molar-refractivity contribution is -0.113. The van der Waals surface area contributed by atoms with Gasteiger partial charge in [0.15, 0.2) is 0 Å². The van der Waals surface area contributed by atoms with Crippen LogP contribution in [0.15, 0.2) is 94.4 Å². The zero-order valence-electron chi connectivity index (χ0n) is 17.3. The van der Waals surface area contributed by atoms with Gasteiger partial charge in [-0.05, 0) is 51.8 Å². The Morgan fingerprint density at radius 2 is 1.70 bits per heavy atom. The number of nitrogens with zero attached hydrogens (tertiary/aromatic N) is 2. The maximum atomic E-state index is 12.6. The lowest BCUT2D eigenvalue weighted by Crippen LogP contribution is -2.14. The second kappa shape index (κ2) is 10.7. The highest BCUT2D eigenvalue weighted by Gasteiger charge is 2.17. The number of nitriles is 1. The number of amides is 1. The number of benzene rings is 3. The monoisotopic (exact) mass is 533 g/mol. The molecule has 4 rings (SSSR count). The van der Waals surface area contributed by atoms with Gasteiger partial charge in [-0.3, -0.25) is 4.79 Å². The van der Waals surface area contributed by atoms with Gasteiger partial charge in [0.05, 0.1) is 22.7 Å². The van der Waals surface area contributed by atoms with E-state index in [1.54, 1.807) is 12.1 Å². The molecule has 0 aliphatic carbocycles. The van der Waals surface area contributed by atoms with Crippen LogP contribution in [-0.2, 0) is 4.79 Å². The van der Waals surface area contributed by atoms with Gasteiger partial charge in [-0.2, -0.15) is 5.26 Å². The van der Waals surface area contributed by atoms with E-state index >= 15 is 0 Å². The zero-order chi connectivity index (χ0) is 23.2. The molecule has 162 valence electrons. The first-order chi connectivity index (χ1) is 16.0. The second-order valence-electron chi connectivity index (χ2n) is 7.04. The summed E-state index contributed by atoms with van der Waals surface area (Å²) in [5, 5.41) is 14.0. The summed E-state index contributed by atoms with van der Waals surface area (Å²) in [5.74, 6) is -0.0721. The third-order valence-electron chi connectivity index (χ3n) is 4.81. The third-order valence-corrected chi connectivity index (χ3v) is 6.73. The number of pyridine rings is 1. The standard InChI is InChI=1S/C26H17BrClN3OS/c27-22-8-4-5-9-23(22)30-25(32)16-33-26-21(15-29)20(17-10-12-19(28)13-11-17)14-24(31-26)18-6-2-1-3-7-18/h1-14H,16H2,(H,30,32). The van der Waals surface area contributed by atoms with E-state index in [0.717, 1.165) is 26.9 Å². The van der Waals surface area contributed by atoms with Crippen LogP contribution in [-0.4, -0.2) is 16.6 Å². The second-order valence-corrected chi connectivity index (χ2v) is 9.29. The Morgan fingerprint density at radius 1 is 1.00 bits per heavy atom. The summed E-state index contributed by atoms with van der Waals surface area (Å²) in [5.41, 5.74) is 4.38. The first-order valence-corrected chi connectivity index (χ1v) is 12.1. The van der Waals surface area contributed by atoms with Crippen LogP contribution in [0.5, 0.6) is 0 Å². The van der Waals surface area contributed by atoms with Gasteiger partial charge in [-0.1, -0.05) is 78.0 Å². The fourth-order valence-corrected chi connectivity index (χ4v) is 4.54. The van der Waals surface area contributed by atoms with E-state index in [1.165, 1.54) is 11.8 Å². The van der Waals surface area contributed by atoms with Crippen molar-refractivity contribution in [1.29, 1.82) is 5.26 Å². The number of rotatable bonds is 6. The molecule has 4 nitrogen and oxygen atoms in total. The van der Waals surface area contributed by atoms with Crippen LogP contribution in [0.3, 0.4) is 0 Å². The third kappa shape index (κ3) is 5.63. The van der Waals surface area contributed by atoms with Crippen LogP contribution in [0.4, 0.5) is 5.69 Å². The van der Waals surface area contributed by atoms with Crippen LogP contribution >= 0.6 is 39.3 Å². The summed E-state index contributed by atoms with van der Waals surface area (Å²) in [6.07, 6.45) is 0. The number of aromatic nitrogens is 1. The zero-order valence-corrected chi connectivity index (χ0v) is 20.4. The fourth-order valence-electron chi connectivity index (χ4n) is 3.23. The average molecular weight is 535 g/mol. The Kier molecular flexibility index (Phi) is 7.46. The summed E-state index contributed by atoms with van der Waals surface area (Å²) in [4.78, 5) is 17.3. The van der Waals surface area contributed by atoms with Crippen molar-refractivity contribution in [1.82, 2.24) is 4.98 Å². The highest BCUT2D eigenvalue weighted by Crippen LogP contribution is 2.34. The Bertz CT molecular complexity index is 1340. The lowest BCUT2D eigenvalue weighted by atomic mass is 9.99. The number of hydrogen-bond donors (Lipinski definition) is 1. The van der Waals surface area contributed by atoms with Crippen molar-refractivity contribution in [2.24, 2.45) is 0 Å². The molecule has 33 heavy (non-hydrogen) atoms. The molecule has 1 heterocycles. The lowest BCUT2D eigenvalue weighted by Gasteiger charge is -2.13. The minimum atomic E-state index is -0.184. The number of hydrogen-bond acceptors (Lipinski definition) is 4. The summed E-state index contributed by atoms with van der Waals surface area (Å²) in [6.45, 7) is 0. The Hall–Kier alpha value is -3.11. The fraction of sp³-hybridized carbons (Fsp3) is 0.0385. The molecule has 0 aliphatic rings. The largest absolute Gasteiger partial charge is 0.324 e. The number of thioether (sulfide) groups is 1. The number of para-hydroxylation sites is 1. The molecule has 1 aromatic heterocycles. The minimum Gasteiger partial charge on any atom is -0.324 e. The Balaban J connectivity index is 1.69. The number of carbonyl (C=O) groups is 1. The topological polar surface area (TPSA) is 65.8 Å². The van der Waals surface area contributed by atoms with Crippen LogP contribution in [0.2, 0.25) is 5.02 Å². The van der Waals surface area contributed by atoms with Crippen LogP contribution in [0, 0.1) is 11.3 Å². The van der Waals surface area contributed by atoms with E-state index in [0.29, 0.717) is 21.3 Å². The number of nitrogens with one attached hydrogen (secondary N) is 1. The maximum absolute atomic E-state index is 12.6. The molecule has 0 fully saturated rings. The van der Waals surface area contributed by atoms with Crippen molar-refractivity contribution in [2.75, 3.05) is 11.1 Å². The SMILES string of the molecule is N#Cc1c(-c2ccc(Cl)cc2)cc(-c2ccccc2)nc1SCC(=O)Nc1ccccc1Br. The average Bonchev–Trinajstić information content (AvgIpc) is 2.84. The molecular formula is C26H17BrClN3OS. The molecule has 1 N–H and O–H groups in total. The van der Waals surface area contributed by atoms with Crippen LogP contribution < -0.4 is 5.32 Å². The van der Waals surface area contributed by atoms with Gasteiger partial charge < -0.3 is 5.32 Å². The normalized spacial score (nSPS) is 10.5. The van der Waals surface area contributed by atoms with Crippen molar-refractivity contribution in [3.05, 3.63) is 100.0 Å². The van der Waals surface area contributed by atoms with Crippen molar-refractivity contribution >= 4 is 50.9 Å². The van der Waals surface area contributed by atoms with Gasteiger partial charge in [0.1, 0.15) is 11.1 Å². The molecular weight excluding hydrogens is 518 g/mol. The van der Waals surface area contributed by atoms with E-state index in [-0.39, 0.29) is 11.7 Å². The molecule has 1 amide bonds. The summed E-state index contributed by atoms with van der Waals surface area (Å²) < 4.78 is 0.801. The van der Waals surface area contributed by atoms with Gasteiger partial charge in [-0.15, -0.1) is 0 Å². The van der Waals surface area contributed by atoms with Crippen LogP contribution in [0.1, 0.15) is 5.56 Å². The molecule has 0 bridgehead atoms. The molecule has 3 aromatic carbocycles. The predicted molar refractivity (Wildman–Crippen MR) is 138 cm³/mol. The molecule has 0 radical (unpaired) electrons. The highest BCUT2D eigenvalue weighted by atomic mass is 79.9. The first kappa shape index (κ1) is 23.1. The minimum absolute atomic E-state index is 0.112. The van der Waals surface area contributed by atoms with Crippen molar-refractivity contribution < 1.29 is 4.79 Å². The van der Waals surface area contributed by atoms with Gasteiger partial charge in [0.25, 0.3) is 0 Å². The van der Waals surface area contributed by atoms with Gasteiger partial charge >= 0.3 is 0 Å². The van der Waals surface area contributed by atoms with E-state index in [9.17, 15) is 10.1 Å². The van der Waals surface area contributed by atoms with E-state index in [4.69, 9.17) is 16.6 Å². The summed E-state index contributed by atoms with van der Waals surface area (Å²) >= 11 is 10.7. The van der Waals surface area contributed by atoms with E-state index in [2.05, 4.69) is 27.3 Å². The molecule has 0 aliphatic heterocycles. The van der Waals surface area contributed by atoms with Gasteiger partial charge in [0, 0.05) is 20.6 Å². The predicted octanol–water partition coefficient (Wildman–Crippen LogP) is 7.43. The highest BCUT2D eigenvalue weighted by molar-refractivity contribution is 9.10. The summed E-state index contributed by atoms with van der Waals surface area (Å²) in [7, 11) is 0. The van der Waals surface area contributed by atoms with Crippen molar-refractivity contribution in [2.45, 2.75) is 5.03 Å². The van der Waals surface area contributed by atoms with Gasteiger partial charge in [0.2, 0.25) is 5.91 Å². The van der Waals surface area contributed by atoms with E-state index < -0.39 is 0 Å². The number of anilines is 1. The van der Waals surface area contributed by atoms with Crippen LogP contribution in [0.25, 0.3) is 22.4 Å². The quantitative estimate of drug-likeness (QED) is 0.261. The molecule has 4 aromatic rings. The van der Waals surface area contributed by atoms with Crippen molar-refractivity contribution in [3.63, 3.8) is 0 Å².